The van der Waals surface area contributed by atoms with Crippen LogP contribution in [0.5, 0.6) is 0 Å². The van der Waals surface area contributed by atoms with Crippen molar-refractivity contribution in [2.45, 2.75) is 45.7 Å². The minimum atomic E-state index is -0.262. The maximum atomic E-state index is 11.9. The molecule has 1 unspecified atom stereocenters. The molecule has 2 amide bonds. The van der Waals surface area contributed by atoms with Crippen LogP contribution in [-0.2, 0) is 0 Å². The van der Waals surface area contributed by atoms with Crippen molar-refractivity contribution in [3.63, 3.8) is 0 Å². The zero-order valence-corrected chi connectivity index (χ0v) is 13.2. The van der Waals surface area contributed by atoms with Crippen LogP contribution in [0.15, 0.2) is 24.3 Å². The summed E-state index contributed by atoms with van der Waals surface area (Å²) >= 11 is 0. The molecule has 3 N–H and O–H groups in total. The van der Waals surface area contributed by atoms with Crippen molar-refractivity contribution in [3.05, 3.63) is 35.4 Å². The van der Waals surface area contributed by atoms with E-state index in [0.717, 1.165) is 11.1 Å². The van der Waals surface area contributed by atoms with Crippen molar-refractivity contribution < 1.29 is 9.90 Å². The van der Waals surface area contributed by atoms with Gasteiger partial charge in [0.15, 0.2) is 0 Å². The van der Waals surface area contributed by atoms with E-state index in [-0.39, 0.29) is 24.2 Å². The van der Waals surface area contributed by atoms with Crippen molar-refractivity contribution in [2.75, 3.05) is 6.61 Å². The average Bonchev–Trinajstić information content (AvgIpc) is 2.37. The summed E-state index contributed by atoms with van der Waals surface area (Å²) in [5.74, 6) is 5.88. The summed E-state index contributed by atoms with van der Waals surface area (Å²) in [5.41, 5.74) is 1.61. The van der Waals surface area contributed by atoms with Crippen LogP contribution >= 0.6 is 0 Å². The Kier molecular flexibility index (Phi) is 6.26. The standard InChI is InChI=1S/C17H24N2O2/c1-13(18-16(21)19-17(2,3)4)15-10-7-9-14(12-15)8-5-6-11-20/h7,9-10,12-13,20H,6,11H2,1-4H3,(H2,18,19,21). The SMILES string of the molecule is CC(NC(=O)NC(C)(C)C)c1cccc(C#CCCO)c1. The predicted octanol–water partition coefficient (Wildman–Crippen LogP) is 2.58. The molecule has 0 saturated carbocycles. The van der Waals surface area contributed by atoms with Crippen molar-refractivity contribution in [2.24, 2.45) is 0 Å². The molecule has 0 radical (unpaired) electrons. The molecule has 1 atom stereocenters. The molecule has 114 valence electrons. The number of carbonyl (C=O) groups excluding carboxylic acids is 1. The summed E-state index contributed by atoms with van der Waals surface area (Å²) in [6, 6.07) is 7.44. The van der Waals surface area contributed by atoms with E-state index in [0.29, 0.717) is 6.42 Å². The number of urea groups is 1. The number of aliphatic hydroxyl groups is 1. The van der Waals surface area contributed by atoms with E-state index < -0.39 is 0 Å². The Balaban J connectivity index is 2.70. The molecule has 4 nitrogen and oxygen atoms in total. The number of amides is 2. The second-order valence-electron chi connectivity index (χ2n) is 5.97. The molecule has 0 saturated heterocycles. The van der Waals surface area contributed by atoms with Crippen molar-refractivity contribution in [1.29, 1.82) is 0 Å². The number of carbonyl (C=O) groups is 1. The maximum absolute atomic E-state index is 11.9. The second-order valence-corrected chi connectivity index (χ2v) is 5.97. The van der Waals surface area contributed by atoms with Gasteiger partial charge in [-0.15, -0.1) is 0 Å². The zero-order valence-electron chi connectivity index (χ0n) is 13.2. The molecule has 1 aromatic rings. The fraction of sp³-hybridized carbons (Fsp3) is 0.471. The van der Waals surface area contributed by atoms with Gasteiger partial charge in [0.2, 0.25) is 0 Å². The van der Waals surface area contributed by atoms with Gasteiger partial charge in [-0.25, -0.2) is 4.79 Å². The first-order valence-corrected chi connectivity index (χ1v) is 7.10. The highest BCUT2D eigenvalue weighted by Crippen LogP contribution is 2.14. The zero-order chi connectivity index (χ0) is 15.9. The van der Waals surface area contributed by atoms with E-state index in [4.69, 9.17) is 5.11 Å². The first kappa shape index (κ1) is 17.1. The monoisotopic (exact) mass is 288 g/mol. The second kappa shape index (κ2) is 7.70. The Labute approximate surface area is 127 Å². The molecule has 1 rings (SSSR count). The van der Waals surface area contributed by atoms with Crippen LogP contribution in [0.3, 0.4) is 0 Å². The Bertz CT molecular complexity index is 536. The third-order valence-electron chi connectivity index (χ3n) is 2.69. The first-order valence-electron chi connectivity index (χ1n) is 7.10. The Morgan fingerprint density at radius 1 is 1.38 bits per heavy atom. The van der Waals surface area contributed by atoms with E-state index in [1.54, 1.807) is 0 Å². The summed E-state index contributed by atoms with van der Waals surface area (Å²) in [6.45, 7) is 7.82. The number of hydrogen-bond acceptors (Lipinski definition) is 2. The van der Waals surface area contributed by atoms with Gasteiger partial charge < -0.3 is 15.7 Å². The van der Waals surface area contributed by atoms with Crippen LogP contribution in [-0.4, -0.2) is 23.3 Å². The molecular formula is C17H24N2O2. The molecular weight excluding hydrogens is 264 g/mol. The van der Waals surface area contributed by atoms with E-state index in [2.05, 4.69) is 22.5 Å². The van der Waals surface area contributed by atoms with E-state index in [1.807, 2.05) is 52.0 Å². The predicted molar refractivity (Wildman–Crippen MR) is 84.9 cm³/mol. The summed E-state index contributed by atoms with van der Waals surface area (Å²) in [4.78, 5) is 11.9. The fourth-order valence-electron chi connectivity index (χ4n) is 1.76. The van der Waals surface area contributed by atoms with Crippen LogP contribution in [0.2, 0.25) is 0 Å². The molecule has 0 aliphatic heterocycles. The Morgan fingerprint density at radius 3 is 2.71 bits per heavy atom. The molecule has 0 bridgehead atoms. The first-order chi connectivity index (χ1) is 9.81. The molecule has 0 aliphatic rings. The molecule has 4 heteroatoms. The average molecular weight is 288 g/mol. The number of nitrogens with one attached hydrogen (secondary N) is 2. The lowest BCUT2D eigenvalue weighted by molar-refractivity contribution is 0.229. The maximum Gasteiger partial charge on any atom is 0.315 e. The van der Waals surface area contributed by atoms with Gasteiger partial charge in [-0.3, -0.25) is 0 Å². The molecule has 0 heterocycles. The number of aliphatic hydroxyl groups excluding tert-OH is 1. The van der Waals surface area contributed by atoms with Crippen molar-refractivity contribution in [3.8, 4) is 11.8 Å². The minimum absolute atomic E-state index is 0.0671. The van der Waals surface area contributed by atoms with Crippen LogP contribution in [0.4, 0.5) is 4.79 Å². The number of benzene rings is 1. The Morgan fingerprint density at radius 2 is 2.10 bits per heavy atom. The quantitative estimate of drug-likeness (QED) is 0.749. The van der Waals surface area contributed by atoms with E-state index >= 15 is 0 Å². The van der Waals surface area contributed by atoms with E-state index in [9.17, 15) is 4.79 Å². The van der Waals surface area contributed by atoms with Gasteiger partial charge in [-0.1, -0.05) is 24.0 Å². The smallest absolute Gasteiger partial charge is 0.315 e. The van der Waals surface area contributed by atoms with E-state index in [1.165, 1.54) is 0 Å². The summed E-state index contributed by atoms with van der Waals surface area (Å²) in [5, 5.41) is 14.5. The van der Waals surface area contributed by atoms with Gasteiger partial charge in [0.25, 0.3) is 0 Å². The molecule has 0 aromatic heterocycles. The van der Waals surface area contributed by atoms with Crippen LogP contribution in [0, 0.1) is 11.8 Å². The molecule has 0 fully saturated rings. The normalized spacial score (nSPS) is 12.0. The highest BCUT2D eigenvalue weighted by molar-refractivity contribution is 5.75. The largest absolute Gasteiger partial charge is 0.395 e. The summed E-state index contributed by atoms with van der Waals surface area (Å²) in [6.07, 6.45) is 0.464. The van der Waals surface area contributed by atoms with Gasteiger partial charge in [-0.2, -0.15) is 0 Å². The van der Waals surface area contributed by atoms with Crippen molar-refractivity contribution in [1.82, 2.24) is 10.6 Å². The van der Waals surface area contributed by atoms with Crippen molar-refractivity contribution >= 4 is 6.03 Å². The lowest BCUT2D eigenvalue weighted by Crippen LogP contribution is -2.47. The molecule has 0 spiro atoms. The van der Waals surface area contributed by atoms with Crippen LogP contribution in [0.1, 0.15) is 51.3 Å². The fourth-order valence-corrected chi connectivity index (χ4v) is 1.76. The highest BCUT2D eigenvalue weighted by Gasteiger charge is 2.15. The highest BCUT2D eigenvalue weighted by atomic mass is 16.2. The third-order valence-corrected chi connectivity index (χ3v) is 2.69. The topological polar surface area (TPSA) is 61.4 Å². The third kappa shape index (κ3) is 6.82. The molecule has 0 aliphatic carbocycles. The number of hydrogen-bond donors (Lipinski definition) is 3. The molecule has 1 aromatic carbocycles. The van der Waals surface area contributed by atoms with Gasteiger partial charge in [0, 0.05) is 17.5 Å². The van der Waals surface area contributed by atoms with Gasteiger partial charge in [0.1, 0.15) is 0 Å². The van der Waals surface area contributed by atoms with Crippen LogP contribution in [0.25, 0.3) is 0 Å². The lowest BCUT2D eigenvalue weighted by Gasteiger charge is -2.23. The Hall–Kier alpha value is -1.99. The summed E-state index contributed by atoms with van der Waals surface area (Å²) in [7, 11) is 0. The molecule has 21 heavy (non-hydrogen) atoms. The van der Waals surface area contributed by atoms with Gasteiger partial charge >= 0.3 is 6.03 Å². The van der Waals surface area contributed by atoms with Gasteiger partial charge in [-0.05, 0) is 45.4 Å². The van der Waals surface area contributed by atoms with Crippen LogP contribution < -0.4 is 10.6 Å². The minimum Gasteiger partial charge on any atom is -0.395 e. The number of rotatable bonds is 3. The summed E-state index contributed by atoms with van der Waals surface area (Å²) < 4.78 is 0. The van der Waals surface area contributed by atoms with Gasteiger partial charge in [0.05, 0.1) is 12.6 Å². The lowest BCUT2D eigenvalue weighted by atomic mass is 10.1.